The first kappa shape index (κ1) is 16.0. The van der Waals surface area contributed by atoms with Gasteiger partial charge in [-0.25, -0.2) is 0 Å². The number of methoxy groups -OCH3 is 2. The molecule has 0 atom stereocenters. The van der Waals surface area contributed by atoms with Crippen molar-refractivity contribution in [1.82, 2.24) is 0 Å². The second kappa shape index (κ2) is 5.80. The Morgan fingerprint density at radius 1 is 1.10 bits per heavy atom. The summed E-state index contributed by atoms with van der Waals surface area (Å²) >= 11 is 0. The number of ketones is 1. The van der Waals surface area contributed by atoms with Gasteiger partial charge in [-0.2, -0.15) is 0 Å². The molecule has 0 aliphatic heterocycles. The quantitative estimate of drug-likeness (QED) is 0.781. The van der Waals surface area contributed by atoms with Gasteiger partial charge >= 0.3 is 0 Å². The molecule has 1 aromatic rings. The number of carbonyl (C=O) groups excluding carboxylic acids is 1. The molecular formula is C18H26O3. The van der Waals surface area contributed by atoms with Crippen LogP contribution in [-0.2, 0) is 4.74 Å². The number of hydrogen-bond donors (Lipinski definition) is 0. The Labute approximate surface area is 127 Å². The van der Waals surface area contributed by atoms with Crippen molar-refractivity contribution < 1.29 is 14.3 Å². The Bertz CT molecular complexity index is 521. The van der Waals surface area contributed by atoms with Crippen LogP contribution in [0.3, 0.4) is 0 Å². The van der Waals surface area contributed by atoms with Crippen LogP contribution in [0.5, 0.6) is 5.75 Å². The van der Waals surface area contributed by atoms with Gasteiger partial charge in [0.25, 0.3) is 0 Å². The molecule has 0 unspecified atom stereocenters. The highest BCUT2D eigenvalue weighted by Gasteiger charge is 2.44. The van der Waals surface area contributed by atoms with E-state index in [4.69, 9.17) is 9.47 Å². The van der Waals surface area contributed by atoms with Crippen LogP contribution in [0.15, 0.2) is 18.2 Å². The molecule has 21 heavy (non-hydrogen) atoms. The van der Waals surface area contributed by atoms with E-state index in [1.165, 1.54) is 0 Å². The van der Waals surface area contributed by atoms with Crippen LogP contribution in [0.4, 0.5) is 0 Å². The molecular weight excluding hydrogens is 264 g/mol. The number of carbonyl (C=O) groups is 1. The molecule has 1 aliphatic carbocycles. The van der Waals surface area contributed by atoms with Gasteiger partial charge in [-0.3, -0.25) is 4.79 Å². The lowest BCUT2D eigenvalue weighted by Crippen LogP contribution is -2.45. The summed E-state index contributed by atoms with van der Waals surface area (Å²) in [6.45, 7) is 6.47. The van der Waals surface area contributed by atoms with Gasteiger partial charge in [0.05, 0.1) is 7.11 Å². The second-order valence-corrected chi connectivity index (χ2v) is 6.87. The van der Waals surface area contributed by atoms with E-state index in [0.717, 1.165) is 42.6 Å². The summed E-state index contributed by atoms with van der Waals surface area (Å²) < 4.78 is 10.9. The van der Waals surface area contributed by atoms with Crippen LogP contribution in [0, 0.1) is 12.3 Å². The maximum Gasteiger partial charge on any atom is 0.194 e. The molecule has 0 amide bonds. The van der Waals surface area contributed by atoms with E-state index in [2.05, 4.69) is 13.8 Å². The van der Waals surface area contributed by atoms with E-state index in [1.54, 1.807) is 14.2 Å². The number of benzene rings is 1. The number of ether oxygens (including phenoxy) is 2. The first-order valence-electron chi connectivity index (χ1n) is 7.58. The molecule has 1 saturated carbocycles. The predicted octanol–water partition coefficient (Wildman–Crippen LogP) is 4.17. The SMILES string of the molecule is COc1ccc(C(=O)C2(OC)CCC(C)(C)CC2)c(C)c1. The smallest absolute Gasteiger partial charge is 0.194 e. The summed E-state index contributed by atoms with van der Waals surface area (Å²) in [6, 6.07) is 5.61. The van der Waals surface area contributed by atoms with Crippen LogP contribution in [0.2, 0.25) is 0 Å². The molecule has 116 valence electrons. The lowest BCUT2D eigenvalue weighted by Gasteiger charge is -2.41. The number of hydrogen-bond acceptors (Lipinski definition) is 3. The summed E-state index contributed by atoms with van der Waals surface area (Å²) in [5.41, 5.74) is 1.34. The van der Waals surface area contributed by atoms with Crippen molar-refractivity contribution in [3.63, 3.8) is 0 Å². The zero-order valence-electron chi connectivity index (χ0n) is 13.8. The third kappa shape index (κ3) is 3.13. The predicted molar refractivity (Wildman–Crippen MR) is 84.1 cm³/mol. The molecule has 0 N–H and O–H groups in total. The fourth-order valence-corrected chi connectivity index (χ4v) is 3.12. The minimum atomic E-state index is -0.658. The molecule has 3 heteroatoms. The van der Waals surface area contributed by atoms with Gasteiger partial charge in [-0.15, -0.1) is 0 Å². The maximum absolute atomic E-state index is 13.0. The molecule has 1 aromatic carbocycles. The molecule has 0 radical (unpaired) electrons. The van der Waals surface area contributed by atoms with Crippen LogP contribution in [0.1, 0.15) is 55.5 Å². The average molecular weight is 290 g/mol. The molecule has 0 saturated heterocycles. The minimum Gasteiger partial charge on any atom is -0.497 e. The van der Waals surface area contributed by atoms with Gasteiger partial charge in [0.15, 0.2) is 5.78 Å². The first-order chi connectivity index (χ1) is 9.83. The molecule has 2 rings (SSSR count). The fourth-order valence-electron chi connectivity index (χ4n) is 3.12. The molecule has 3 nitrogen and oxygen atoms in total. The molecule has 1 aliphatic rings. The topological polar surface area (TPSA) is 35.5 Å². The van der Waals surface area contributed by atoms with Crippen molar-refractivity contribution in [2.45, 2.75) is 52.1 Å². The van der Waals surface area contributed by atoms with Gasteiger partial charge in [-0.1, -0.05) is 13.8 Å². The fraction of sp³-hybridized carbons (Fsp3) is 0.611. The summed E-state index contributed by atoms with van der Waals surface area (Å²) in [5.74, 6) is 0.890. The number of aryl methyl sites for hydroxylation is 1. The lowest BCUT2D eigenvalue weighted by atomic mass is 9.68. The number of rotatable bonds is 4. The van der Waals surface area contributed by atoms with Crippen molar-refractivity contribution in [3.05, 3.63) is 29.3 Å². The zero-order chi connectivity index (χ0) is 15.7. The van der Waals surface area contributed by atoms with E-state index >= 15 is 0 Å². The average Bonchev–Trinajstić information content (AvgIpc) is 2.47. The Balaban J connectivity index is 2.29. The van der Waals surface area contributed by atoms with Crippen LogP contribution in [-0.4, -0.2) is 25.6 Å². The van der Waals surface area contributed by atoms with E-state index in [1.807, 2.05) is 25.1 Å². The molecule has 0 bridgehead atoms. The van der Waals surface area contributed by atoms with Crippen molar-refractivity contribution >= 4 is 5.78 Å². The third-order valence-corrected chi connectivity index (χ3v) is 4.89. The Kier molecular flexibility index (Phi) is 4.43. The molecule has 0 aromatic heterocycles. The highest BCUT2D eigenvalue weighted by molar-refractivity contribution is 6.03. The number of Topliss-reactive ketones (excluding diaryl/α,β-unsaturated/α-hetero) is 1. The summed E-state index contributed by atoms with van der Waals surface area (Å²) in [6.07, 6.45) is 3.62. The Hall–Kier alpha value is -1.35. The summed E-state index contributed by atoms with van der Waals surface area (Å²) in [7, 11) is 3.30. The van der Waals surface area contributed by atoms with E-state index < -0.39 is 5.60 Å². The largest absolute Gasteiger partial charge is 0.497 e. The highest BCUT2D eigenvalue weighted by Crippen LogP contribution is 2.43. The van der Waals surface area contributed by atoms with Gasteiger partial charge in [0.1, 0.15) is 11.4 Å². The summed E-state index contributed by atoms with van der Waals surface area (Å²) in [5, 5.41) is 0. The zero-order valence-corrected chi connectivity index (χ0v) is 13.8. The Morgan fingerprint density at radius 3 is 2.19 bits per heavy atom. The summed E-state index contributed by atoms with van der Waals surface area (Å²) in [4.78, 5) is 13.0. The van der Waals surface area contributed by atoms with E-state index in [0.29, 0.717) is 5.41 Å². The van der Waals surface area contributed by atoms with Gasteiger partial charge in [0.2, 0.25) is 0 Å². The highest BCUT2D eigenvalue weighted by atomic mass is 16.5. The molecule has 0 heterocycles. The van der Waals surface area contributed by atoms with Gasteiger partial charge < -0.3 is 9.47 Å². The normalized spacial score (nSPS) is 20.0. The second-order valence-electron chi connectivity index (χ2n) is 6.87. The Morgan fingerprint density at radius 2 is 1.71 bits per heavy atom. The first-order valence-corrected chi connectivity index (χ1v) is 7.58. The van der Waals surface area contributed by atoms with Crippen LogP contribution >= 0.6 is 0 Å². The standard InChI is InChI=1S/C18H26O3/c1-13-12-14(20-4)6-7-15(13)16(19)18(21-5)10-8-17(2,3)9-11-18/h6-7,12H,8-11H2,1-5H3. The monoisotopic (exact) mass is 290 g/mol. The maximum atomic E-state index is 13.0. The third-order valence-electron chi connectivity index (χ3n) is 4.89. The van der Waals surface area contributed by atoms with Crippen molar-refractivity contribution in [1.29, 1.82) is 0 Å². The minimum absolute atomic E-state index is 0.112. The van der Waals surface area contributed by atoms with E-state index in [9.17, 15) is 4.79 Å². The van der Waals surface area contributed by atoms with Crippen molar-refractivity contribution in [3.8, 4) is 5.75 Å². The lowest BCUT2D eigenvalue weighted by molar-refractivity contribution is -0.0383. The van der Waals surface area contributed by atoms with Crippen LogP contribution < -0.4 is 4.74 Å². The van der Waals surface area contributed by atoms with Gasteiger partial charge in [0, 0.05) is 12.7 Å². The van der Waals surface area contributed by atoms with Gasteiger partial charge in [-0.05, 0) is 61.8 Å². The molecule has 0 spiro atoms. The van der Waals surface area contributed by atoms with E-state index in [-0.39, 0.29) is 5.78 Å². The molecule has 1 fully saturated rings. The van der Waals surface area contributed by atoms with Crippen molar-refractivity contribution in [2.24, 2.45) is 5.41 Å². The van der Waals surface area contributed by atoms with Crippen LogP contribution in [0.25, 0.3) is 0 Å². The van der Waals surface area contributed by atoms with Crippen molar-refractivity contribution in [2.75, 3.05) is 14.2 Å².